The van der Waals surface area contributed by atoms with E-state index in [2.05, 4.69) is 21.8 Å². The number of imidazole rings is 1. The molecule has 2 rings (SSSR count). The minimum atomic E-state index is -0.172. The number of halogens is 1. The first-order valence-electron chi connectivity index (χ1n) is 6.70. The van der Waals surface area contributed by atoms with Crippen molar-refractivity contribution in [2.45, 2.75) is 33.2 Å². The minimum Gasteiger partial charge on any atom is -0.356 e. The van der Waals surface area contributed by atoms with E-state index < -0.39 is 0 Å². The highest BCUT2D eigenvalue weighted by Gasteiger charge is 2.04. The van der Waals surface area contributed by atoms with Crippen LogP contribution >= 0.6 is 0 Å². The van der Waals surface area contributed by atoms with Crippen LogP contribution in [0.1, 0.15) is 24.5 Å². The number of hydrogen-bond acceptors (Lipinski definition) is 2. The van der Waals surface area contributed by atoms with Crippen LogP contribution in [0, 0.1) is 12.7 Å². The zero-order valence-corrected chi connectivity index (χ0v) is 11.5. The summed E-state index contributed by atoms with van der Waals surface area (Å²) in [4.78, 5) is 4.29. The van der Waals surface area contributed by atoms with Crippen LogP contribution in [-0.2, 0) is 13.0 Å². The molecule has 0 spiro atoms. The molecule has 2 aromatic rings. The molecule has 0 unspecified atom stereocenters. The third-order valence-corrected chi connectivity index (χ3v) is 3.18. The lowest BCUT2D eigenvalue weighted by Gasteiger charge is -2.10. The molecule has 0 aliphatic carbocycles. The highest BCUT2D eigenvalue weighted by atomic mass is 19.1. The van der Waals surface area contributed by atoms with Gasteiger partial charge in [-0.3, -0.25) is 0 Å². The number of rotatable bonds is 6. The van der Waals surface area contributed by atoms with Gasteiger partial charge in [0.2, 0.25) is 5.95 Å². The van der Waals surface area contributed by atoms with Crippen molar-refractivity contribution in [2.24, 2.45) is 0 Å². The number of anilines is 1. The molecular formula is C15H20FN3. The molecular weight excluding hydrogens is 241 g/mol. The molecule has 0 saturated heterocycles. The summed E-state index contributed by atoms with van der Waals surface area (Å²) in [6.45, 7) is 5.84. The summed E-state index contributed by atoms with van der Waals surface area (Å²) in [5, 5.41) is 3.29. The third-order valence-electron chi connectivity index (χ3n) is 3.18. The molecule has 1 aromatic carbocycles. The van der Waals surface area contributed by atoms with E-state index in [1.54, 1.807) is 12.3 Å². The molecule has 0 radical (unpaired) electrons. The molecule has 1 aromatic heterocycles. The Morgan fingerprint density at radius 2 is 2.21 bits per heavy atom. The van der Waals surface area contributed by atoms with Gasteiger partial charge in [-0.05, 0) is 43.0 Å². The first-order chi connectivity index (χ1) is 9.20. The summed E-state index contributed by atoms with van der Waals surface area (Å²) in [5.74, 6) is 0.732. The maximum Gasteiger partial charge on any atom is 0.202 e. The standard InChI is InChI=1S/C15H20FN3/c1-3-7-17-15-18-8-10-19(15)9-6-13-4-5-14(16)11-12(13)2/h4-5,8,10-11H,3,6-7,9H2,1-2H3,(H,17,18). The van der Waals surface area contributed by atoms with Gasteiger partial charge < -0.3 is 9.88 Å². The van der Waals surface area contributed by atoms with Crippen molar-refractivity contribution in [2.75, 3.05) is 11.9 Å². The molecule has 1 heterocycles. The predicted molar refractivity (Wildman–Crippen MR) is 75.8 cm³/mol. The topological polar surface area (TPSA) is 29.9 Å². The number of hydrogen-bond donors (Lipinski definition) is 1. The van der Waals surface area contributed by atoms with Crippen molar-refractivity contribution in [3.63, 3.8) is 0 Å². The van der Waals surface area contributed by atoms with Crippen LogP contribution in [0.4, 0.5) is 10.3 Å². The first-order valence-corrected chi connectivity index (χ1v) is 6.70. The lowest BCUT2D eigenvalue weighted by molar-refractivity contribution is 0.624. The summed E-state index contributed by atoms with van der Waals surface area (Å²) in [6.07, 6.45) is 5.72. The molecule has 0 fully saturated rings. The van der Waals surface area contributed by atoms with Crippen molar-refractivity contribution in [1.29, 1.82) is 0 Å². The lowest BCUT2D eigenvalue weighted by Crippen LogP contribution is -2.09. The van der Waals surface area contributed by atoms with Crippen LogP contribution in [0.2, 0.25) is 0 Å². The van der Waals surface area contributed by atoms with Crippen LogP contribution in [-0.4, -0.2) is 16.1 Å². The Morgan fingerprint density at radius 3 is 2.95 bits per heavy atom. The molecule has 0 saturated carbocycles. The van der Waals surface area contributed by atoms with E-state index in [0.717, 1.165) is 37.4 Å². The van der Waals surface area contributed by atoms with Gasteiger partial charge in [-0.25, -0.2) is 9.37 Å². The largest absolute Gasteiger partial charge is 0.356 e. The number of aromatic nitrogens is 2. The third kappa shape index (κ3) is 3.56. The van der Waals surface area contributed by atoms with Crippen LogP contribution in [0.3, 0.4) is 0 Å². The fourth-order valence-corrected chi connectivity index (χ4v) is 2.07. The Morgan fingerprint density at radius 1 is 1.37 bits per heavy atom. The lowest BCUT2D eigenvalue weighted by atomic mass is 10.1. The second kappa shape index (κ2) is 6.36. The molecule has 0 atom stereocenters. The zero-order chi connectivity index (χ0) is 13.7. The van der Waals surface area contributed by atoms with Crippen LogP contribution in [0.5, 0.6) is 0 Å². The van der Waals surface area contributed by atoms with Gasteiger partial charge in [-0.2, -0.15) is 0 Å². The quantitative estimate of drug-likeness (QED) is 0.863. The van der Waals surface area contributed by atoms with E-state index in [-0.39, 0.29) is 5.82 Å². The van der Waals surface area contributed by atoms with Crippen molar-refractivity contribution < 1.29 is 4.39 Å². The normalized spacial score (nSPS) is 10.7. The number of nitrogens with one attached hydrogen (secondary N) is 1. The van der Waals surface area contributed by atoms with E-state index in [4.69, 9.17) is 0 Å². The highest BCUT2D eigenvalue weighted by Crippen LogP contribution is 2.13. The maximum atomic E-state index is 13.0. The van der Waals surface area contributed by atoms with Gasteiger partial charge in [-0.1, -0.05) is 13.0 Å². The van der Waals surface area contributed by atoms with E-state index >= 15 is 0 Å². The van der Waals surface area contributed by atoms with Gasteiger partial charge in [0, 0.05) is 25.5 Å². The summed E-state index contributed by atoms with van der Waals surface area (Å²) in [5.41, 5.74) is 2.18. The van der Waals surface area contributed by atoms with Crippen molar-refractivity contribution >= 4 is 5.95 Å². The second-order valence-electron chi connectivity index (χ2n) is 4.69. The van der Waals surface area contributed by atoms with Crippen LogP contribution in [0.15, 0.2) is 30.6 Å². The first kappa shape index (κ1) is 13.6. The van der Waals surface area contributed by atoms with Gasteiger partial charge >= 0.3 is 0 Å². The second-order valence-corrected chi connectivity index (χ2v) is 4.69. The summed E-state index contributed by atoms with van der Waals surface area (Å²) < 4.78 is 15.1. The van der Waals surface area contributed by atoms with E-state index in [0.29, 0.717) is 0 Å². The van der Waals surface area contributed by atoms with Gasteiger partial charge in [-0.15, -0.1) is 0 Å². The van der Waals surface area contributed by atoms with Crippen molar-refractivity contribution in [3.8, 4) is 0 Å². The number of aryl methyl sites for hydroxylation is 3. The Balaban J connectivity index is 2.00. The average molecular weight is 261 g/mol. The smallest absolute Gasteiger partial charge is 0.202 e. The predicted octanol–water partition coefficient (Wildman–Crippen LogP) is 3.40. The van der Waals surface area contributed by atoms with Gasteiger partial charge in [0.15, 0.2) is 0 Å². The molecule has 0 amide bonds. The minimum absolute atomic E-state index is 0.172. The molecule has 1 N–H and O–H groups in total. The van der Waals surface area contributed by atoms with Crippen LogP contribution < -0.4 is 5.32 Å². The molecule has 3 nitrogen and oxygen atoms in total. The Kier molecular flexibility index (Phi) is 4.55. The summed E-state index contributed by atoms with van der Waals surface area (Å²) in [6, 6.07) is 4.96. The molecule has 0 bridgehead atoms. The van der Waals surface area contributed by atoms with E-state index in [9.17, 15) is 4.39 Å². The number of nitrogens with zero attached hydrogens (tertiary/aromatic N) is 2. The Bertz CT molecular complexity index is 534. The van der Waals surface area contributed by atoms with Gasteiger partial charge in [0.1, 0.15) is 5.82 Å². The van der Waals surface area contributed by atoms with E-state index in [1.165, 1.54) is 11.6 Å². The summed E-state index contributed by atoms with van der Waals surface area (Å²) >= 11 is 0. The zero-order valence-electron chi connectivity index (χ0n) is 11.5. The van der Waals surface area contributed by atoms with Gasteiger partial charge in [0.25, 0.3) is 0 Å². The average Bonchev–Trinajstić information content (AvgIpc) is 2.83. The maximum absolute atomic E-state index is 13.0. The van der Waals surface area contributed by atoms with Crippen LogP contribution in [0.25, 0.3) is 0 Å². The monoisotopic (exact) mass is 261 g/mol. The fourth-order valence-electron chi connectivity index (χ4n) is 2.07. The molecule has 0 aliphatic heterocycles. The molecule has 4 heteroatoms. The fraction of sp³-hybridized carbons (Fsp3) is 0.400. The molecule has 0 aliphatic rings. The SMILES string of the molecule is CCCNc1nccn1CCc1ccc(F)cc1C. The van der Waals surface area contributed by atoms with Crippen molar-refractivity contribution in [1.82, 2.24) is 9.55 Å². The van der Waals surface area contributed by atoms with Crippen molar-refractivity contribution in [3.05, 3.63) is 47.5 Å². The Labute approximate surface area is 113 Å². The highest BCUT2D eigenvalue weighted by molar-refractivity contribution is 5.28. The Hall–Kier alpha value is -1.84. The number of benzene rings is 1. The van der Waals surface area contributed by atoms with E-state index in [1.807, 2.05) is 19.2 Å². The molecule has 102 valence electrons. The van der Waals surface area contributed by atoms with Gasteiger partial charge in [0.05, 0.1) is 0 Å². The summed E-state index contributed by atoms with van der Waals surface area (Å²) in [7, 11) is 0. The molecule has 19 heavy (non-hydrogen) atoms.